The second-order valence-corrected chi connectivity index (χ2v) is 4.16. The minimum atomic E-state index is -0.652. The van der Waals surface area contributed by atoms with Crippen LogP contribution in [0.5, 0.6) is 0 Å². The third-order valence-corrected chi connectivity index (χ3v) is 2.69. The molecule has 1 aromatic carbocycles. The highest BCUT2D eigenvalue weighted by molar-refractivity contribution is 6.32. The number of nitrogens with zero attached hydrogens (tertiary/aromatic N) is 1. The summed E-state index contributed by atoms with van der Waals surface area (Å²) in [6, 6.07) is 6.79. The van der Waals surface area contributed by atoms with E-state index in [0.717, 1.165) is 12.3 Å². The van der Waals surface area contributed by atoms with Crippen LogP contribution in [0.4, 0.5) is 8.78 Å². The average Bonchev–Trinajstić information content (AvgIpc) is 2.39. The number of carbonyl (C=O) groups excluding carboxylic acids is 1. The fourth-order valence-corrected chi connectivity index (χ4v) is 1.70. The topological polar surface area (TPSA) is 42.0 Å². The minimum absolute atomic E-state index is 0.0573. The Morgan fingerprint density at radius 3 is 2.79 bits per heavy atom. The molecule has 98 valence electrons. The molecule has 2 aromatic rings. The summed E-state index contributed by atoms with van der Waals surface area (Å²) in [4.78, 5) is 15.3. The van der Waals surface area contributed by atoms with Gasteiger partial charge in [0.25, 0.3) is 5.91 Å². The number of hydrogen-bond donors (Lipinski definition) is 1. The van der Waals surface area contributed by atoms with Crippen LogP contribution in [0.3, 0.4) is 0 Å². The van der Waals surface area contributed by atoms with Crippen LogP contribution in [-0.2, 0) is 6.54 Å². The Balaban J connectivity index is 2.07. The Kier molecular flexibility index (Phi) is 4.06. The Hall–Kier alpha value is -2.01. The van der Waals surface area contributed by atoms with Gasteiger partial charge < -0.3 is 5.32 Å². The van der Waals surface area contributed by atoms with Gasteiger partial charge in [-0.05, 0) is 23.8 Å². The number of pyridine rings is 1. The first kappa shape index (κ1) is 13.4. The molecule has 3 nitrogen and oxygen atoms in total. The number of hydrogen-bond acceptors (Lipinski definition) is 2. The molecule has 0 saturated carbocycles. The molecule has 0 spiro atoms. The van der Waals surface area contributed by atoms with E-state index in [1.807, 2.05) is 0 Å². The predicted octanol–water partition coefficient (Wildman–Crippen LogP) is 2.94. The highest BCUT2D eigenvalue weighted by Gasteiger charge is 2.12. The molecule has 2 rings (SSSR count). The number of carbonyl (C=O) groups is 1. The molecule has 6 heteroatoms. The minimum Gasteiger partial charge on any atom is -0.348 e. The average molecular weight is 283 g/mol. The fraction of sp³-hybridized carbons (Fsp3) is 0.0769. The molecule has 0 aliphatic carbocycles. The lowest BCUT2D eigenvalue weighted by Gasteiger charge is -2.06. The van der Waals surface area contributed by atoms with E-state index in [-0.39, 0.29) is 17.3 Å². The zero-order chi connectivity index (χ0) is 13.8. The van der Waals surface area contributed by atoms with Crippen molar-refractivity contribution in [3.05, 3.63) is 64.4 Å². The molecule has 1 amide bonds. The number of rotatable bonds is 3. The third-order valence-electron chi connectivity index (χ3n) is 2.39. The maximum absolute atomic E-state index is 13.0. The van der Waals surface area contributed by atoms with E-state index in [9.17, 15) is 13.6 Å². The smallest absolute Gasteiger partial charge is 0.254 e. The first-order valence-corrected chi connectivity index (χ1v) is 5.78. The van der Waals surface area contributed by atoms with Gasteiger partial charge in [-0.1, -0.05) is 23.7 Å². The Labute approximate surface area is 113 Å². The lowest BCUT2D eigenvalue weighted by atomic mass is 10.2. The van der Waals surface area contributed by atoms with Crippen LogP contribution < -0.4 is 5.32 Å². The highest BCUT2D eigenvalue weighted by Crippen LogP contribution is 2.13. The normalized spacial score (nSPS) is 10.3. The Morgan fingerprint density at radius 2 is 2.05 bits per heavy atom. The molecule has 0 aliphatic heterocycles. The summed E-state index contributed by atoms with van der Waals surface area (Å²) in [5.41, 5.74) is 0.534. The van der Waals surface area contributed by atoms with Gasteiger partial charge in [0.2, 0.25) is 0 Å². The zero-order valence-corrected chi connectivity index (χ0v) is 10.4. The van der Waals surface area contributed by atoms with Gasteiger partial charge in [0.15, 0.2) is 0 Å². The zero-order valence-electron chi connectivity index (χ0n) is 9.66. The molecular formula is C13H9ClF2N2O. The molecule has 1 heterocycles. The molecule has 0 fully saturated rings. The number of nitrogens with one attached hydrogen (secondary N) is 1. The molecule has 0 atom stereocenters. The molecular weight excluding hydrogens is 274 g/mol. The molecule has 0 unspecified atom stereocenters. The summed E-state index contributed by atoms with van der Waals surface area (Å²) < 4.78 is 25.9. The van der Waals surface area contributed by atoms with Gasteiger partial charge in [-0.15, -0.1) is 0 Å². The van der Waals surface area contributed by atoms with Crippen molar-refractivity contribution in [2.45, 2.75) is 6.54 Å². The van der Waals surface area contributed by atoms with Crippen molar-refractivity contribution in [2.24, 2.45) is 0 Å². The van der Waals surface area contributed by atoms with Gasteiger partial charge in [0, 0.05) is 6.54 Å². The maximum Gasteiger partial charge on any atom is 0.254 e. The van der Waals surface area contributed by atoms with Crippen LogP contribution >= 0.6 is 11.6 Å². The molecule has 19 heavy (non-hydrogen) atoms. The van der Waals surface area contributed by atoms with Crippen LogP contribution in [0.1, 0.15) is 15.9 Å². The van der Waals surface area contributed by atoms with E-state index >= 15 is 0 Å². The second-order valence-electron chi connectivity index (χ2n) is 3.80. The van der Waals surface area contributed by atoms with Gasteiger partial charge in [-0.3, -0.25) is 4.79 Å². The number of benzene rings is 1. The first-order chi connectivity index (χ1) is 9.06. The predicted molar refractivity (Wildman–Crippen MR) is 66.8 cm³/mol. The van der Waals surface area contributed by atoms with Crippen molar-refractivity contribution in [1.29, 1.82) is 0 Å². The van der Waals surface area contributed by atoms with Gasteiger partial charge in [0.05, 0.1) is 11.8 Å². The van der Waals surface area contributed by atoms with Crippen LogP contribution in [-0.4, -0.2) is 10.9 Å². The van der Waals surface area contributed by atoms with Gasteiger partial charge in [0.1, 0.15) is 16.8 Å². The van der Waals surface area contributed by atoms with Crippen LogP contribution in [0.2, 0.25) is 5.15 Å². The maximum atomic E-state index is 13.0. The van der Waals surface area contributed by atoms with E-state index in [2.05, 4.69) is 10.3 Å². The van der Waals surface area contributed by atoms with Crippen LogP contribution in [0.25, 0.3) is 0 Å². The van der Waals surface area contributed by atoms with Crippen molar-refractivity contribution in [1.82, 2.24) is 10.3 Å². The lowest BCUT2D eigenvalue weighted by molar-refractivity contribution is 0.0950. The highest BCUT2D eigenvalue weighted by atomic mass is 35.5. The van der Waals surface area contributed by atoms with Crippen molar-refractivity contribution >= 4 is 17.5 Å². The van der Waals surface area contributed by atoms with E-state index in [4.69, 9.17) is 11.6 Å². The number of halogens is 3. The van der Waals surface area contributed by atoms with Gasteiger partial charge in [-0.2, -0.15) is 0 Å². The van der Waals surface area contributed by atoms with Crippen molar-refractivity contribution < 1.29 is 13.6 Å². The summed E-state index contributed by atoms with van der Waals surface area (Å²) >= 11 is 5.70. The molecule has 0 aliphatic rings. The first-order valence-electron chi connectivity index (χ1n) is 5.40. The monoisotopic (exact) mass is 282 g/mol. The molecule has 1 N–H and O–H groups in total. The van der Waals surface area contributed by atoms with E-state index in [1.165, 1.54) is 18.2 Å². The van der Waals surface area contributed by atoms with Crippen molar-refractivity contribution in [2.75, 3.05) is 0 Å². The molecule has 0 saturated heterocycles. The van der Waals surface area contributed by atoms with E-state index in [0.29, 0.717) is 5.56 Å². The summed E-state index contributed by atoms with van der Waals surface area (Å²) in [5.74, 6) is -1.61. The lowest BCUT2D eigenvalue weighted by Crippen LogP contribution is -2.23. The van der Waals surface area contributed by atoms with E-state index in [1.54, 1.807) is 6.07 Å². The van der Waals surface area contributed by atoms with Crippen LogP contribution in [0, 0.1) is 11.6 Å². The summed E-state index contributed by atoms with van der Waals surface area (Å²) in [6.45, 7) is 0.115. The summed E-state index contributed by atoms with van der Waals surface area (Å²) in [7, 11) is 0. The standard InChI is InChI=1S/C13H9ClF2N2O/c14-12-11(5-10(16)7-17-12)13(19)18-6-8-2-1-3-9(15)4-8/h1-5,7H,6H2,(H,18,19). The van der Waals surface area contributed by atoms with Crippen molar-refractivity contribution in [3.63, 3.8) is 0 Å². The Morgan fingerprint density at radius 1 is 1.26 bits per heavy atom. The van der Waals surface area contributed by atoms with Gasteiger partial charge in [-0.25, -0.2) is 13.8 Å². The summed E-state index contributed by atoms with van der Waals surface area (Å²) in [5, 5.41) is 2.43. The quantitative estimate of drug-likeness (QED) is 0.880. The Bertz CT molecular complexity index is 619. The van der Waals surface area contributed by atoms with Crippen molar-refractivity contribution in [3.8, 4) is 0 Å². The third kappa shape index (κ3) is 3.48. The SMILES string of the molecule is O=C(NCc1cccc(F)c1)c1cc(F)cnc1Cl. The fourth-order valence-electron chi connectivity index (χ4n) is 1.51. The molecule has 1 aromatic heterocycles. The van der Waals surface area contributed by atoms with Gasteiger partial charge >= 0.3 is 0 Å². The van der Waals surface area contributed by atoms with E-state index < -0.39 is 17.5 Å². The largest absolute Gasteiger partial charge is 0.348 e. The molecule has 0 radical (unpaired) electrons. The number of amides is 1. The van der Waals surface area contributed by atoms with Crippen LogP contribution in [0.15, 0.2) is 36.5 Å². The molecule has 0 bridgehead atoms. The second kappa shape index (κ2) is 5.75. The summed E-state index contributed by atoms with van der Waals surface area (Å²) in [6.07, 6.45) is 0.922. The number of aromatic nitrogens is 1.